The third-order valence-electron chi connectivity index (χ3n) is 3.62. The Morgan fingerprint density at radius 2 is 1.86 bits per heavy atom. The van der Waals surface area contributed by atoms with E-state index in [0.717, 1.165) is 39.1 Å². The maximum atomic E-state index is 6.35. The Balaban J connectivity index is 1.92. The van der Waals surface area contributed by atoms with Crippen molar-refractivity contribution in [3.63, 3.8) is 0 Å². The number of aromatic amines is 1. The van der Waals surface area contributed by atoms with Gasteiger partial charge in [0.1, 0.15) is 16.7 Å². The number of nitrogens with one attached hydrogen (secondary N) is 1. The van der Waals surface area contributed by atoms with Gasteiger partial charge in [0.25, 0.3) is 0 Å². The van der Waals surface area contributed by atoms with Crippen molar-refractivity contribution in [1.82, 2.24) is 15.0 Å². The number of para-hydroxylation sites is 2. The van der Waals surface area contributed by atoms with E-state index in [1.165, 1.54) is 0 Å². The van der Waals surface area contributed by atoms with Gasteiger partial charge >= 0.3 is 0 Å². The summed E-state index contributed by atoms with van der Waals surface area (Å²) >= 11 is 6.35. The van der Waals surface area contributed by atoms with Crippen molar-refractivity contribution >= 4 is 33.5 Å². The van der Waals surface area contributed by atoms with Gasteiger partial charge in [-0.15, -0.1) is 0 Å². The van der Waals surface area contributed by atoms with Gasteiger partial charge < -0.3 is 9.72 Å². The molecule has 4 aromatic rings. The molecule has 0 bridgehead atoms. The van der Waals surface area contributed by atoms with Crippen molar-refractivity contribution in [3.05, 3.63) is 53.7 Å². The third kappa shape index (κ3) is 2.09. The van der Waals surface area contributed by atoms with Gasteiger partial charge in [0.2, 0.25) is 0 Å². The molecule has 22 heavy (non-hydrogen) atoms. The minimum atomic E-state index is 0.416. The van der Waals surface area contributed by atoms with Crippen molar-refractivity contribution in [3.8, 4) is 17.1 Å². The first kappa shape index (κ1) is 13.1. The number of H-pyrrole nitrogens is 1. The largest absolute Gasteiger partial charge is 0.497 e. The molecule has 2 aromatic carbocycles. The molecule has 0 radical (unpaired) electrons. The number of methoxy groups -OCH3 is 1. The number of aromatic nitrogens is 3. The molecule has 1 N–H and O–H groups in total. The van der Waals surface area contributed by atoms with Crippen molar-refractivity contribution in [2.45, 2.75) is 0 Å². The van der Waals surface area contributed by atoms with Gasteiger partial charge in [0.15, 0.2) is 0 Å². The molecule has 0 atom stereocenters. The van der Waals surface area contributed by atoms with Crippen molar-refractivity contribution in [1.29, 1.82) is 0 Å². The third-order valence-corrected chi connectivity index (χ3v) is 3.91. The Kier molecular flexibility index (Phi) is 2.98. The topological polar surface area (TPSA) is 50.8 Å². The van der Waals surface area contributed by atoms with Gasteiger partial charge in [0, 0.05) is 11.5 Å². The molecule has 2 heterocycles. The van der Waals surface area contributed by atoms with Gasteiger partial charge in [-0.05, 0) is 30.3 Å². The molecule has 4 nitrogen and oxygen atoms in total. The predicted octanol–water partition coefficient (Wildman–Crippen LogP) is 4.44. The number of benzene rings is 2. The van der Waals surface area contributed by atoms with Crippen molar-refractivity contribution in [2.75, 3.05) is 7.11 Å². The molecule has 0 aliphatic carbocycles. The van der Waals surface area contributed by atoms with E-state index in [9.17, 15) is 0 Å². The molecule has 0 spiro atoms. The lowest BCUT2D eigenvalue weighted by atomic mass is 10.1. The van der Waals surface area contributed by atoms with Gasteiger partial charge in [0.05, 0.1) is 29.2 Å². The summed E-state index contributed by atoms with van der Waals surface area (Å²) in [5, 5.41) is 1.40. The monoisotopic (exact) mass is 309 g/mol. The zero-order chi connectivity index (χ0) is 15.1. The van der Waals surface area contributed by atoms with Crippen LogP contribution in [0.1, 0.15) is 0 Å². The van der Waals surface area contributed by atoms with Gasteiger partial charge in [-0.2, -0.15) is 0 Å². The van der Waals surface area contributed by atoms with Crippen molar-refractivity contribution in [2.24, 2.45) is 0 Å². The average Bonchev–Trinajstić information content (AvgIpc) is 2.97. The van der Waals surface area contributed by atoms with Crippen molar-refractivity contribution < 1.29 is 4.74 Å². The maximum Gasteiger partial charge on any atom is 0.141 e. The second-order valence-corrected chi connectivity index (χ2v) is 5.35. The first-order valence-electron chi connectivity index (χ1n) is 6.84. The van der Waals surface area contributed by atoms with E-state index < -0.39 is 0 Å². The molecule has 108 valence electrons. The van der Waals surface area contributed by atoms with E-state index in [1.54, 1.807) is 7.11 Å². The predicted molar refractivity (Wildman–Crippen MR) is 88.4 cm³/mol. The van der Waals surface area contributed by atoms with Crippen LogP contribution in [0.15, 0.2) is 48.5 Å². The van der Waals surface area contributed by atoms with E-state index in [1.807, 2.05) is 48.5 Å². The Morgan fingerprint density at radius 1 is 1.00 bits per heavy atom. The molecular weight excluding hydrogens is 298 g/mol. The molecule has 0 unspecified atom stereocenters. The quantitative estimate of drug-likeness (QED) is 0.557. The minimum Gasteiger partial charge on any atom is -0.497 e. The number of fused-ring (bicyclic) bond motifs is 2. The Hall–Kier alpha value is -2.59. The molecular formula is C17H12ClN3O. The molecule has 0 saturated heterocycles. The first-order chi connectivity index (χ1) is 10.7. The first-order valence-corrected chi connectivity index (χ1v) is 7.22. The standard InChI is InChI=1S/C17H12ClN3O/c1-22-11-7-6-10-8-12(16(18)19-15(10)9-11)17-20-13-4-2-3-5-14(13)21-17/h2-9H,1H3,(H,20,21). The molecule has 4 rings (SSSR count). The highest BCUT2D eigenvalue weighted by atomic mass is 35.5. The fourth-order valence-electron chi connectivity index (χ4n) is 2.50. The smallest absolute Gasteiger partial charge is 0.141 e. The maximum absolute atomic E-state index is 6.35. The zero-order valence-corrected chi connectivity index (χ0v) is 12.6. The van der Waals surface area contributed by atoms with E-state index in [0.29, 0.717) is 5.15 Å². The lowest BCUT2D eigenvalue weighted by molar-refractivity contribution is 0.415. The summed E-state index contributed by atoms with van der Waals surface area (Å²) in [5.41, 5.74) is 3.46. The lowest BCUT2D eigenvalue weighted by Crippen LogP contribution is -1.89. The van der Waals surface area contributed by atoms with E-state index in [4.69, 9.17) is 16.3 Å². The summed E-state index contributed by atoms with van der Waals surface area (Å²) in [4.78, 5) is 12.3. The van der Waals surface area contributed by atoms with Crippen LogP contribution in [0.5, 0.6) is 5.75 Å². The highest BCUT2D eigenvalue weighted by Crippen LogP contribution is 2.30. The van der Waals surface area contributed by atoms with Crippen LogP contribution in [0.3, 0.4) is 0 Å². The lowest BCUT2D eigenvalue weighted by Gasteiger charge is -2.05. The highest BCUT2D eigenvalue weighted by molar-refractivity contribution is 6.32. The van der Waals surface area contributed by atoms with E-state index in [2.05, 4.69) is 15.0 Å². The van der Waals surface area contributed by atoms with Gasteiger partial charge in [-0.3, -0.25) is 0 Å². The highest BCUT2D eigenvalue weighted by Gasteiger charge is 2.12. The molecule has 0 aliphatic heterocycles. The molecule has 5 heteroatoms. The number of rotatable bonds is 2. The van der Waals surface area contributed by atoms with Crippen LogP contribution < -0.4 is 4.74 Å². The van der Waals surface area contributed by atoms with Gasteiger partial charge in [-0.25, -0.2) is 9.97 Å². The van der Waals surface area contributed by atoms with Crippen LogP contribution in [-0.4, -0.2) is 22.1 Å². The number of halogens is 1. The summed E-state index contributed by atoms with van der Waals surface area (Å²) in [6.07, 6.45) is 0. The Morgan fingerprint density at radius 3 is 2.68 bits per heavy atom. The normalized spacial score (nSPS) is 11.2. The SMILES string of the molecule is COc1ccc2cc(-c3nc4ccccc4[nH]3)c(Cl)nc2c1. The molecule has 0 saturated carbocycles. The molecule has 0 amide bonds. The van der Waals surface area contributed by atoms with Crippen LogP contribution >= 0.6 is 11.6 Å². The average molecular weight is 310 g/mol. The summed E-state index contributed by atoms with van der Waals surface area (Å²) in [7, 11) is 1.63. The van der Waals surface area contributed by atoms with Gasteiger partial charge in [-0.1, -0.05) is 23.7 Å². The number of imidazole rings is 1. The number of hydrogen-bond donors (Lipinski definition) is 1. The number of pyridine rings is 1. The fourth-order valence-corrected chi connectivity index (χ4v) is 2.73. The summed E-state index contributed by atoms with van der Waals surface area (Å²) in [6.45, 7) is 0. The van der Waals surface area contributed by atoms with Crippen LogP contribution in [-0.2, 0) is 0 Å². The number of ether oxygens (including phenoxy) is 1. The van der Waals surface area contributed by atoms with Crippen LogP contribution in [0.25, 0.3) is 33.3 Å². The minimum absolute atomic E-state index is 0.416. The summed E-state index contributed by atoms with van der Waals surface area (Å²) in [6, 6.07) is 15.6. The molecule has 0 aliphatic rings. The second-order valence-electron chi connectivity index (χ2n) is 4.99. The van der Waals surface area contributed by atoms with Crippen LogP contribution in [0.4, 0.5) is 0 Å². The fraction of sp³-hybridized carbons (Fsp3) is 0.0588. The number of nitrogens with zero attached hydrogens (tertiary/aromatic N) is 2. The summed E-state index contributed by atoms with van der Waals surface area (Å²) < 4.78 is 5.22. The Labute approximate surface area is 131 Å². The van der Waals surface area contributed by atoms with Crippen LogP contribution in [0, 0.1) is 0 Å². The number of hydrogen-bond acceptors (Lipinski definition) is 3. The van der Waals surface area contributed by atoms with Crippen LogP contribution in [0.2, 0.25) is 5.15 Å². The summed E-state index contributed by atoms with van der Waals surface area (Å²) in [5.74, 6) is 1.48. The molecule has 2 aromatic heterocycles. The second kappa shape index (κ2) is 5.00. The van der Waals surface area contributed by atoms with E-state index >= 15 is 0 Å². The Bertz CT molecular complexity index is 961. The van der Waals surface area contributed by atoms with E-state index in [-0.39, 0.29) is 0 Å². The zero-order valence-electron chi connectivity index (χ0n) is 11.8. The molecule has 0 fully saturated rings.